The van der Waals surface area contributed by atoms with E-state index in [1.165, 1.54) is 0 Å². The Bertz CT molecular complexity index is 427. The molecule has 4 heteroatoms. The van der Waals surface area contributed by atoms with Crippen LogP contribution in [-0.4, -0.2) is 23.2 Å². The third kappa shape index (κ3) is 2.06. The third-order valence-electron chi connectivity index (χ3n) is 2.97. The molecule has 86 valence electrons. The van der Waals surface area contributed by atoms with Crippen LogP contribution in [-0.2, 0) is 0 Å². The maximum atomic E-state index is 11.9. The Balaban J connectivity index is 2.18. The van der Waals surface area contributed by atoms with E-state index in [0.29, 0.717) is 10.6 Å². The number of carbonyl (C=O) groups excluding carboxylic acids is 1. The van der Waals surface area contributed by atoms with Crippen molar-refractivity contribution in [3.63, 3.8) is 0 Å². The average Bonchev–Trinajstić information content (AvgIpc) is 3.02. The van der Waals surface area contributed by atoms with E-state index in [9.17, 15) is 4.79 Å². The predicted octanol–water partition coefficient (Wildman–Crippen LogP) is 1.90. The van der Waals surface area contributed by atoms with E-state index in [2.05, 4.69) is 5.32 Å². The Labute approximate surface area is 99.4 Å². The minimum atomic E-state index is -0.399. The molecule has 1 aliphatic carbocycles. The second-order valence-corrected chi connectivity index (χ2v) is 4.71. The van der Waals surface area contributed by atoms with Crippen molar-refractivity contribution in [2.24, 2.45) is 0 Å². The number of aliphatic hydroxyl groups excluding tert-OH is 1. The third-order valence-corrected chi connectivity index (χ3v) is 3.47. The summed E-state index contributed by atoms with van der Waals surface area (Å²) in [5.74, 6) is -0.208. The number of nitrogens with one attached hydrogen (secondary N) is 1. The van der Waals surface area contributed by atoms with Gasteiger partial charge in [-0.05, 0) is 31.4 Å². The highest BCUT2D eigenvalue weighted by molar-refractivity contribution is 6.34. The Kier molecular flexibility index (Phi) is 2.91. The molecule has 1 aromatic rings. The van der Waals surface area contributed by atoms with E-state index in [4.69, 9.17) is 16.7 Å². The lowest BCUT2D eigenvalue weighted by atomic mass is 10.1. The zero-order valence-electron chi connectivity index (χ0n) is 9.09. The highest BCUT2D eigenvalue weighted by Gasteiger charge is 2.43. The predicted molar refractivity (Wildman–Crippen MR) is 62.7 cm³/mol. The maximum Gasteiger partial charge on any atom is 0.253 e. The van der Waals surface area contributed by atoms with Crippen molar-refractivity contribution >= 4 is 17.5 Å². The monoisotopic (exact) mass is 239 g/mol. The normalized spacial score (nSPS) is 16.9. The van der Waals surface area contributed by atoms with Crippen LogP contribution in [0.5, 0.6) is 0 Å². The fourth-order valence-corrected chi connectivity index (χ4v) is 1.82. The highest BCUT2D eigenvalue weighted by Crippen LogP contribution is 2.35. The van der Waals surface area contributed by atoms with Crippen molar-refractivity contribution in [3.05, 3.63) is 34.3 Å². The summed E-state index contributed by atoms with van der Waals surface area (Å²) in [7, 11) is 0. The molecule has 0 saturated heterocycles. The first kappa shape index (κ1) is 11.4. The number of amides is 1. The Morgan fingerprint density at radius 2 is 2.25 bits per heavy atom. The molecule has 3 nitrogen and oxygen atoms in total. The molecule has 0 aliphatic heterocycles. The maximum absolute atomic E-state index is 11.9. The minimum absolute atomic E-state index is 0.0117. The Morgan fingerprint density at radius 3 is 2.81 bits per heavy atom. The van der Waals surface area contributed by atoms with Gasteiger partial charge in [0.25, 0.3) is 5.91 Å². The van der Waals surface area contributed by atoms with Gasteiger partial charge < -0.3 is 10.4 Å². The summed E-state index contributed by atoms with van der Waals surface area (Å²) in [5, 5.41) is 12.4. The molecule has 2 rings (SSSR count). The van der Waals surface area contributed by atoms with Crippen molar-refractivity contribution in [1.82, 2.24) is 5.32 Å². The first-order valence-corrected chi connectivity index (χ1v) is 5.64. The molecule has 0 aromatic heterocycles. The quantitative estimate of drug-likeness (QED) is 0.847. The minimum Gasteiger partial charge on any atom is -0.394 e. The number of aliphatic hydroxyl groups is 1. The van der Waals surface area contributed by atoms with Gasteiger partial charge in [0.15, 0.2) is 0 Å². The van der Waals surface area contributed by atoms with Crippen LogP contribution in [0.2, 0.25) is 5.02 Å². The van der Waals surface area contributed by atoms with Crippen LogP contribution in [0.1, 0.15) is 28.8 Å². The van der Waals surface area contributed by atoms with Crippen LogP contribution in [0.25, 0.3) is 0 Å². The van der Waals surface area contributed by atoms with Crippen LogP contribution in [0.4, 0.5) is 0 Å². The van der Waals surface area contributed by atoms with Gasteiger partial charge in [-0.2, -0.15) is 0 Å². The van der Waals surface area contributed by atoms with Crippen molar-refractivity contribution < 1.29 is 9.90 Å². The van der Waals surface area contributed by atoms with Crippen molar-refractivity contribution in [2.45, 2.75) is 25.3 Å². The van der Waals surface area contributed by atoms with Crippen LogP contribution in [0.15, 0.2) is 18.2 Å². The average molecular weight is 240 g/mol. The molecule has 0 atom stereocenters. The van der Waals surface area contributed by atoms with Gasteiger partial charge in [0.1, 0.15) is 0 Å². The van der Waals surface area contributed by atoms with Gasteiger partial charge in [0.2, 0.25) is 0 Å². The second-order valence-electron chi connectivity index (χ2n) is 4.33. The lowest BCUT2D eigenvalue weighted by Gasteiger charge is -2.15. The standard InChI is InChI=1S/C12H14ClNO2/c1-8-3-2-4-9(10(8)13)11(16)14-12(7-15)5-6-12/h2-4,15H,5-7H2,1H3,(H,14,16). The summed E-state index contributed by atoms with van der Waals surface area (Å²) in [6.45, 7) is 1.85. The molecular formula is C12H14ClNO2. The summed E-state index contributed by atoms with van der Waals surface area (Å²) in [6.07, 6.45) is 1.66. The lowest BCUT2D eigenvalue weighted by Crippen LogP contribution is -2.39. The molecule has 1 amide bonds. The van der Waals surface area contributed by atoms with Gasteiger partial charge in [-0.25, -0.2) is 0 Å². The number of aryl methyl sites for hydroxylation is 1. The number of carbonyl (C=O) groups is 1. The fourth-order valence-electron chi connectivity index (χ4n) is 1.60. The largest absolute Gasteiger partial charge is 0.394 e. The summed E-state index contributed by atoms with van der Waals surface area (Å²) >= 11 is 6.06. The molecule has 0 bridgehead atoms. The highest BCUT2D eigenvalue weighted by atomic mass is 35.5. The molecule has 1 saturated carbocycles. The molecule has 1 fully saturated rings. The SMILES string of the molecule is Cc1cccc(C(=O)NC2(CO)CC2)c1Cl. The van der Waals surface area contributed by atoms with E-state index < -0.39 is 5.54 Å². The van der Waals surface area contributed by atoms with Crippen LogP contribution in [0.3, 0.4) is 0 Å². The van der Waals surface area contributed by atoms with Gasteiger partial charge >= 0.3 is 0 Å². The van der Waals surface area contributed by atoms with E-state index in [1.807, 2.05) is 13.0 Å². The van der Waals surface area contributed by atoms with Gasteiger partial charge in [-0.15, -0.1) is 0 Å². The summed E-state index contributed by atoms with van der Waals surface area (Å²) in [5.41, 5.74) is 0.953. The topological polar surface area (TPSA) is 49.3 Å². The molecule has 0 spiro atoms. The summed E-state index contributed by atoms with van der Waals surface area (Å²) < 4.78 is 0. The zero-order valence-corrected chi connectivity index (χ0v) is 9.84. The van der Waals surface area contributed by atoms with Gasteiger partial charge in [0, 0.05) is 0 Å². The molecule has 0 radical (unpaired) electrons. The Hall–Kier alpha value is -1.06. The molecule has 2 N–H and O–H groups in total. The molecule has 0 heterocycles. The summed E-state index contributed by atoms with van der Waals surface area (Å²) in [4.78, 5) is 11.9. The van der Waals surface area contributed by atoms with Crippen LogP contribution in [0, 0.1) is 6.92 Å². The number of rotatable bonds is 3. The number of hydrogen-bond donors (Lipinski definition) is 2. The molecule has 16 heavy (non-hydrogen) atoms. The first-order chi connectivity index (χ1) is 7.58. The second kappa shape index (κ2) is 4.07. The number of hydrogen-bond acceptors (Lipinski definition) is 2. The number of halogens is 1. The smallest absolute Gasteiger partial charge is 0.253 e. The van der Waals surface area contributed by atoms with Gasteiger partial charge in [-0.1, -0.05) is 23.7 Å². The molecule has 1 aliphatic rings. The molecular weight excluding hydrogens is 226 g/mol. The molecule has 1 aromatic carbocycles. The Morgan fingerprint density at radius 1 is 1.56 bits per heavy atom. The van der Waals surface area contributed by atoms with Crippen molar-refractivity contribution in [1.29, 1.82) is 0 Å². The lowest BCUT2D eigenvalue weighted by molar-refractivity contribution is 0.0907. The van der Waals surface area contributed by atoms with Crippen LogP contribution >= 0.6 is 11.6 Å². The van der Waals surface area contributed by atoms with Gasteiger partial charge in [-0.3, -0.25) is 4.79 Å². The summed E-state index contributed by atoms with van der Waals surface area (Å²) in [6, 6.07) is 5.35. The number of benzene rings is 1. The van der Waals surface area contributed by atoms with E-state index in [-0.39, 0.29) is 12.5 Å². The van der Waals surface area contributed by atoms with Gasteiger partial charge in [0.05, 0.1) is 22.7 Å². The van der Waals surface area contributed by atoms with E-state index in [1.54, 1.807) is 12.1 Å². The molecule has 0 unspecified atom stereocenters. The van der Waals surface area contributed by atoms with E-state index in [0.717, 1.165) is 18.4 Å². The van der Waals surface area contributed by atoms with Crippen molar-refractivity contribution in [2.75, 3.05) is 6.61 Å². The first-order valence-electron chi connectivity index (χ1n) is 5.26. The van der Waals surface area contributed by atoms with Crippen LogP contribution < -0.4 is 5.32 Å². The van der Waals surface area contributed by atoms with E-state index >= 15 is 0 Å². The fraction of sp³-hybridized carbons (Fsp3) is 0.417. The van der Waals surface area contributed by atoms with Crippen molar-refractivity contribution in [3.8, 4) is 0 Å². The zero-order chi connectivity index (χ0) is 11.8.